The largest absolute Gasteiger partial charge is 0.381 e. The van der Waals surface area contributed by atoms with Gasteiger partial charge in [-0.3, -0.25) is 10.1 Å². The number of hydrogen-bond donors (Lipinski definition) is 1. The monoisotopic (exact) mass is 281 g/mol. The Bertz CT molecular complexity index is 501. The van der Waals surface area contributed by atoms with E-state index in [-0.39, 0.29) is 10.7 Å². The number of hydrogen-bond acceptors (Lipinski definition) is 4. The summed E-state index contributed by atoms with van der Waals surface area (Å²) >= 11 is 5.93. The Balaban J connectivity index is 1.73. The van der Waals surface area contributed by atoms with Gasteiger partial charge in [-0.15, -0.1) is 0 Å². The van der Waals surface area contributed by atoms with Crippen molar-refractivity contribution in [3.63, 3.8) is 0 Å². The molecule has 1 atom stereocenters. The van der Waals surface area contributed by atoms with Gasteiger partial charge in [-0.1, -0.05) is 11.6 Å². The first-order chi connectivity index (χ1) is 9.13. The molecule has 4 rings (SSSR count). The van der Waals surface area contributed by atoms with Crippen LogP contribution in [0.15, 0.2) is 18.2 Å². The predicted octanol–water partition coefficient (Wildman–Crippen LogP) is 2.75. The van der Waals surface area contributed by atoms with E-state index in [9.17, 15) is 10.1 Å². The van der Waals surface area contributed by atoms with E-state index in [1.54, 1.807) is 12.1 Å². The first-order valence-corrected chi connectivity index (χ1v) is 6.94. The molecule has 2 bridgehead atoms. The van der Waals surface area contributed by atoms with E-state index >= 15 is 0 Å². The van der Waals surface area contributed by atoms with Crippen molar-refractivity contribution >= 4 is 23.0 Å². The number of halogens is 1. The Morgan fingerprint density at radius 1 is 1.37 bits per heavy atom. The van der Waals surface area contributed by atoms with Gasteiger partial charge in [0.15, 0.2) is 0 Å². The minimum atomic E-state index is -0.458. The zero-order chi connectivity index (χ0) is 13.4. The van der Waals surface area contributed by atoms with Crippen molar-refractivity contribution in [3.05, 3.63) is 33.3 Å². The molecule has 1 aromatic carbocycles. The van der Waals surface area contributed by atoms with E-state index in [0.29, 0.717) is 12.0 Å². The number of nitro benzene ring substituents is 1. The summed E-state index contributed by atoms with van der Waals surface area (Å²) in [6.45, 7) is 3.45. The van der Waals surface area contributed by atoms with Crippen LogP contribution >= 0.6 is 11.6 Å². The Hall–Kier alpha value is -1.33. The molecule has 3 saturated heterocycles. The Kier molecular flexibility index (Phi) is 3.33. The minimum absolute atomic E-state index is 0.0406. The van der Waals surface area contributed by atoms with Gasteiger partial charge in [-0.25, -0.2) is 0 Å². The average Bonchev–Trinajstić information content (AvgIpc) is 2.39. The Labute approximate surface area is 116 Å². The molecule has 5 nitrogen and oxygen atoms in total. The van der Waals surface area contributed by atoms with Crippen molar-refractivity contribution in [3.8, 4) is 0 Å². The fraction of sp³-hybridized carbons (Fsp3) is 0.538. The smallest absolute Gasteiger partial charge is 0.288 e. The molecule has 102 valence electrons. The fourth-order valence-corrected chi connectivity index (χ4v) is 3.34. The van der Waals surface area contributed by atoms with E-state index < -0.39 is 4.92 Å². The molecule has 19 heavy (non-hydrogen) atoms. The summed E-state index contributed by atoms with van der Waals surface area (Å²) in [6, 6.07) is 5.28. The molecule has 0 radical (unpaired) electrons. The molecule has 1 unspecified atom stereocenters. The van der Waals surface area contributed by atoms with Crippen molar-refractivity contribution < 1.29 is 4.92 Å². The summed E-state index contributed by atoms with van der Waals surface area (Å²) in [5, 5.41) is 14.4. The standard InChI is InChI=1S/C13H16ClN3O2/c14-11-7-10(1-2-13(11)17(18)19)15-12-8-16-5-3-9(12)4-6-16/h1-2,7,9,12,15H,3-6,8H2. The normalized spacial score (nSPS) is 29.2. The van der Waals surface area contributed by atoms with Gasteiger partial charge >= 0.3 is 0 Å². The third-order valence-electron chi connectivity index (χ3n) is 4.15. The summed E-state index contributed by atoms with van der Waals surface area (Å²) in [7, 11) is 0. The van der Waals surface area contributed by atoms with E-state index in [0.717, 1.165) is 12.2 Å². The zero-order valence-electron chi connectivity index (χ0n) is 10.5. The van der Waals surface area contributed by atoms with Crippen LogP contribution in [-0.2, 0) is 0 Å². The van der Waals surface area contributed by atoms with Crippen LogP contribution in [0.25, 0.3) is 0 Å². The second-order valence-corrected chi connectivity index (χ2v) is 5.72. The quantitative estimate of drug-likeness (QED) is 0.684. The van der Waals surface area contributed by atoms with Crippen LogP contribution in [0.3, 0.4) is 0 Å². The number of benzene rings is 1. The molecular weight excluding hydrogens is 266 g/mol. The van der Waals surface area contributed by atoms with E-state index in [4.69, 9.17) is 11.6 Å². The zero-order valence-corrected chi connectivity index (χ0v) is 11.3. The van der Waals surface area contributed by atoms with Crippen molar-refractivity contribution in [2.75, 3.05) is 25.0 Å². The SMILES string of the molecule is O=[N+]([O-])c1ccc(NC2CN3CCC2CC3)cc1Cl. The summed E-state index contributed by atoms with van der Waals surface area (Å²) in [6.07, 6.45) is 2.47. The van der Waals surface area contributed by atoms with Crippen LogP contribution in [0.4, 0.5) is 11.4 Å². The molecular formula is C13H16ClN3O2. The maximum absolute atomic E-state index is 10.7. The number of nitrogens with one attached hydrogen (secondary N) is 1. The first-order valence-electron chi connectivity index (χ1n) is 6.56. The van der Waals surface area contributed by atoms with Crippen LogP contribution in [0.1, 0.15) is 12.8 Å². The van der Waals surface area contributed by atoms with Gasteiger partial charge < -0.3 is 10.2 Å². The molecule has 0 aliphatic carbocycles. The first kappa shape index (κ1) is 12.7. The van der Waals surface area contributed by atoms with Gasteiger partial charge in [0.25, 0.3) is 5.69 Å². The summed E-state index contributed by atoms with van der Waals surface area (Å²) in [4.78, 5) is 12.7. The minimum Gasteiger partial charge on any atom is -0.381 e. The predicted molar refractivity (Wildman–Crippen MR) is 74.7 cm³/mol. The Morgan fingerprint density at radius 3 is 2.63 bits per heavy atom. The lowest BCUT2D eigenvalue weighted by atomic mass is 9.84. The van der Waals surface area contributed by atoms with Gasteiger partial charge in [0.2, 0.25) is 0 Å². The number of rotatable bonds is 3. The average molecular weight is 282 g/mol. The maximum Gasteiger partial charge on any atom is 0.288 e. The van der Waals surface area contributed by atoms with E-state index in [2.05, 4.69) is 10.2 Å². The third kappa shape index (κ3) is 2.53. The second kappa shape index (κ2) is 4.98. The molecule has 3 aliphatic rings. The number of nitro groups is 1. The van der Waals surface area contributed by atoms with Crippen LogP contribution in [-0.4, -0.2) is 35.5 Å². The van der Waals surface area contributed by atoms with E-state index in [1.807, 2.05) is 0 Å². The molecule has 3 aliphatic heterocycles. The van der Waals surface area contributed by atoms with Gasteiger partial charge in [0, 0.05) is 24.3 Å². The topological polar surface area (TPSA) is 58.4 Å². The van der Waals surface area contributed by atoms with Crippen molar-refractivity contribution in [1.29, 1.82) is 0 Å². The molecule has 1 aromatic rings. The fourth-order valence-electron chi connectivity index (χ4n) is 3.09. The summed E-state index contributed by atoms with van der Waals surface area (Å²) in [5.41, 5.74) is 0.829. The van der Waals surface area contributed by atoms with Crippen molar-refractivity contribution in [1.82, 2.24) is 4.90 Å². The lowest BCUT2D eigenvalue weighted by Crippen LogP contribution is -2.53. The van der Waals surface area contributed by atoms with Gasteiger partial charge in [-0.2, -0.15) is 0 Å². The van der Waals surface area contributed by atoms with Crippen LogP contribution in [0.2, 0.25) is 5.02 Å². The van der Waals surface area contributed by atoms with E-state index in [1.165, 1.54) is 32.0 Å². The number of anilines is 1. The number of fused-ring (bicyclic) bond motifs is 3. The third-order valence-corrected chi connectivity index (χ3v) is 4.46. The highest BCUT2D eigenvalue weighted by Gasteiger charge is 2.34. The summed E-state index contributed by atoms with van der Waals surface area (Å²) in [5.74, 6) is 0.707. The van der Waals surface area contributed by atoms with Crippen LogP contribution < -0.4 is 5.32 Å². The molecule has 3 fully saturated rings. The van der Waals surface area contributed by atoms with Crippen molar-refractivity contribution in [2.24, 2.45) is 5.92 Å². The highest BCUT2D eigenvalue weighted by atomic mass is 35.5. The lowest BCUT2D eigenvalue weighted by molar-refractivity contribution is -0.384. The molecule has 0 spiro atoms. The van der Waals surface area contributed by atoms with Gasteiger partial charge in [0.1, 0.15) is 5.02 Å². The molecule has 0 amide bonds. The summed E-state index contributed by atoms with van der Waals surface area (Å²) < 4.78 is 0. The molecule has 0 saturated carbocycles. The van der Waals surface area contributed by atoms with Gasteiger partial charge in [-0.05, 0) is 44.0 Å². The van der Waals surface area contributed by atoms with Gasteiger partial charge in [0.05, 0.1) is 4.92 Å². The molecule has 6 heteroatoms. The molecule has 0 aromatic heterocycles. The highest BCUT2D eigenvalue weighted by Crippen LogP contribution is 2.32. The molecule has 1 N–H and O–H groups in total. The van der Waals surface area contributed by atoms with Crippen molar-refractivity contribution in [2.45, 2.75) is 18.9 Å². The maximum atomic E-state index is 10.7. The number of nitrogens with zero attached hydrogens (tertiary/aromatic N) is 2. The van der Waals surface area contributed by atoms with Crippen LogP contribution in [0.5, 0.6) is 0 Å². The molecule has 3 heterocycles. The highest BCUT2D eigenvalue weighted by molar-refractivity contribution is 6.32. The number of piperidine rings is 3. The second-order valence-electron chi connectivity index (χ2n) is 5.31. The Morgan fingerprint density at radius 2 is 2.11 bits per heavy atom. The lowest BCUT2D eigenvalue weighted by Gasteiger charge is -2.45. The van der Waals surface area contributed by atoms with Crippen LogP contribution in [0, 0.1) is 16.0 Å².